The maximum absolute atomic E-state index is 6.19. The van der Waals surface area contributed by atoms with E-state index in [0.717, 1.165) is 50.1 Å². The van der Waals surface area contributed by atoms with Gasteiger partial charge in [-0.05, 0) is 152 Å². The predicted molar refractivity (Wildman–Crippen MR) is 273 cm³/mol. The summed E-state index contributed by atoms with van der Waals surface area (Å²) in [7, 11) is 0. The molecule has 0 radical (unpaired) electrons. The van der Waals surface area contributed by atoms with Crippen molar-refractivity contribution in [2.45, 2.75) is 0 Å². The van der Waals surface area contributed by atoms with Gasteiger partial charge in [-0.15, -0.1) is 0 Å². The summed E-state index contributed by atoms with van der Waals surface area (Å²) in [5, 5.41) is 20.0. The number of hydrogen-bond acceptors (Lipinski definition) is 2. The van der Waals surface area contributed by atoms with Crippen molar-refractivity contribution < 1.29 is 4.42 Å². The van der Waals surface area contributed by atoms with Gasteiger partial charge in [0.15, 0.2) is 0 Å². The lowest BCUT2D eigenvalue weighted by Crippen LogP contribution is -2.10. The fourth-order valence-electron chi connectivity index (χ4n) is 10.8. The normalized spacial score (nSPS) is 12.1. The first-order valence-corrected chi connectivity index (χ1v) is 22.1. The molecule has 2 heteroatoms. The second kappa shape index (κ2) is 13.5. The molecule has 0 aliphatic rings. The molecule has 296 valence electrons. The molecule has 13 aromatic carbocycles. The zero-order chi connectivity index (χ0) is 41.9. The van der Waals surface area contributed by atoms with Crippen molar-refractivity contribution in [1.82, 2.24) is 0 Å². The van der Waals surface area contributed by atoms with Crippen molar-refractivity contribution in [1.29, 1.82) is 0 Å². The van der Waals surface area contributed by atoms with E-state index in [9.17, 15) is 0 Å². The fraction of sp³-hybridized carbons (Fsp3) is 0. The minimum atomic E-state index is 0.904. The molecule has 1 aromatic heterocycles. The van der Waals surface area contributed by atoms with E-state index in [1.54, 1.807) is 0 Å². The largest absolute Gasteiger partial charge is 0.456 e. The van der Waals surface area contributed by atoms with Crippen LogP contribution >= 0.6 is 0 Å². The molecule has 0 spiro atoms. The van der Waals surface area contributed by atoms with Crippen LogP contribution in [0.1, 0.15) is 0 Å². The highest BCUT2D eigenvalue weighted by atomic mass is 16.3. The second-order valence-corrected chi connectivity index (χ2v) is 17.2. The molecule has 0 bridgehead atoms. The van der Waals surface area contributed by atoms with E-state index in [1.807, 2.05) is 12.1 Å². The van der Waals surface area contributed by atoms with Gasteiger partial charge in [-0.25, -0.2) is 0 Å². The molecule has 0 saturated heterocycles. The second-order valence-electron chi connectivity index (χ2n) is 17.2. The Bertz CT molecular complexity index is 4170. The molecule has 0 atom stereocenters. The van der Waals surface area contributed by atoms with Gasteiger partial charge in [0, 0.05) is 27.8 Å². The van der Waals surface area contributed by atoms with Crippen LogP contribution < -0.4 is 4.90 Å². The van der Waals surface area contributed by atoms with Gasteiger partial charge in [-0.3, -0.25) is 0 Å². The lowest BCUT2D eigenvalue weighted by molar-refractivity contribution is 0.669. The number of hydrogen-bond donors (Lipinski definition) is 0. The monoisotopic (exact) mass is 811 g/mol. The maximum Gasteiger partial charge on any atom is 0.135 e. The minimum Gasteiger partial charge on any atom is -0.456 e. The highest BCUT2D eigenvalue weighted by Crippen LogP contribution is 2.47. The number of para-hydroxylation sites is 1. The predicted octanol–water partition coefficient (Wildman–Crippen LogP) is 17.9. The van der Waals surface area contributed by atoms with Gasteiger partial charge in [0.2, 0.25) is 0 Å². The third kappa shape index (κ3) is 5.20. The van der Waals surface area contributed by atoms with Crippen LogP contribution in [0.15, 0.2) is 229 Å². The smallest absolute Gasteiger partial charge is 0.135 e. The number of fused-ring (bicyclic) bond motifs is 6. The van der Waals surface area contributed by atoms with Crippen molar-refractivity contribution >= 4 is 114 Å². The lowest BCUT2D eigenvalue weighted by Gasteiger charge is -2.27. The van der Waals surface area contributed by atoms with Crippen LogP contribution in [0, 0.1) is 0 Å². The highest BCUT2D eigenvalue weighted by Gasteiger charge is 2.20. The van der Waals surface area contributed by atoms with Crippen molar-refractivity contribution in [2.75, 3.05) is 4.90 Å². The topological polar surface area (TPSA) is 16.4 Å². The van der Waals surface area contributed by atoms with E-state index >= 15 is 0 Å². The van der Waals surface area contributed by atoms with E-state index in [1.165, 1.54) is 86.5 Å². The molecule has 0 saturated carbocycles. The van der Waals surface area contributed by atoms with Crippen LogP contribution in [-0.4, -0.2) is 0 Å². The maximum atomic E-state index is 6.19. The zero-order valence-electron chi connectivity index (χ0n) is 34.7. The molecule has 0 aliphatic carbocycles. The van der Waals surface area contributed by atoms with Gasteiger partial charge in [0.1, 0.15) is 11.2 Å². The van der Waals surface area contributed by atoms with Crippen LogP contribution in [0.5, 0.6) is 0 Å². The summed E-state index contributed by atoms with van der Waals surface area (Å²) < 4.78 is 6.19. The van der Waals surface area contributed by atoms with Gasteiger partial charge in [0.25, 0.3) is 0 Å². The Labute approximate surface area is 368 Å². The van der Waals surface area contributed by atoms with Gasteiger partial charge < -0.3 is 9.32 Å². The molecule has 0 N–H and O–H groups in total. The zero-order valence-corrected chi connectivity index (χ0v) is 34.7. The Morgan fingerprint density at radius 3 is 1.42 bits per heavy atom. The molecule has 14 rings (SSSR count). The Hall–Kier alpha value is -8.46. The first kappa shape index (κ1) is 35.2. The van der Waals surface area contributed by atoms with Gasteiger partial charge >= 0.3 is 0 Å². The molecule has 64 heavy (non-hydrogen) atoms. The average molecular weight is 812 g/mol. The molecular weight excluding hydrogens is 775 g/mol. The number of rotatable bonds is 5. The fourth-order valence-corrected chi connectivity index (χ4v) is 10.8. The quantitative estimate of drug-likeness (QED) is 0.161. The van der Waals surface area contributed by atoms with Crippen LogP contribution in [0.2, 0.25) is 0 Å². The SMILES string of the molecule is c1ccc2c(-c3ccc(N(c4ccc(-c5ccc6oc7ccccc7c6c5)cc4)c4cc5ccc6cccc7c8cccc9ccc%10cccc(c(c4)c5c67)c%10c98)cc3)cccc2c1. The van der Waals surface area contributed by atoms with Crippen molar-refractivity contribution in [3.05, 3.63) is 224 Å². The van der Waals surface area contributed by atoms with Crippen LogP contribution in [0.4, 0.5) is 17.1 Å². The molecule has 1 heterocycles. The molecule has 0 unspecified atom stereocenters. The van der Waals surface area contributed by atoms with Crippen LogP contribution in [0.25, 0.3) is 120 Å². The van der Waals surface area contributed by atoms with Crippen molar-refractivity contribution in [3.8, 4) is 22.3 Å². The van der Waals surface area contributed by atoms with Crippen molar-refractivity contribution in [3.63, 3.8) is 0 Å². The average Bonchev–Trinajstić information content (AvgIpc) is 3.73. The number of furan rings is 1. The standard InChI is InChI=1S/C62H37NO/c1-2-14-49-39(9-1)10-5-16-50(49)40-27-32-47(33-28-40)63(46-30-25-38(26-31-46)44-29-34-58-55(36-44)51-15-3-4-20-57(51)64-58)48-35-45-24-23-43-12-7-18-53-52-17-6-11-41-21-22-42-13-8-19-54(61(42)59(41)52)56(37-48)62(45)60(43)53/h1-37H. The van der Waals surface area contributed by atoms with E-state index in [4.69, 9.17) is 4.42 Å². The first-order valence-electron chi connectivity index (χ1n) is 22.1. The van der Waals surface area contributed by atoms with E-state index in [2.05, 4.69) is 217 Å². The van der Waals surface area contributed by atoms with Crippen molar-refractivity contribution in [2.24, 2.45) is 0 Å². The van der Waals surface area contributed by atoms with Gasteiger partial charge in [0.05, 0.1) is 0 Å². The summed E-state index contributed by atoms with van der Waals surface area (Å²) in [6, 6.07) is 82.7. The molecule has 2 nitrogen and oxygen atoms in total. The summed E-state index contributed by atoms with van der Waals surface area (Å²) in [5.74, 6) is 0. The third-order valence-corrected chi connectivity index (χ3v) is 13.7. The summed E-state index contributed by atoms with van der Waals surface area (Å²) in [6.45, 7) is 0. The first-order chi connectivity index (χ1) is 31.7. The highest BCUT2D eigenvalue weighted by molar-refractivity contribution is 6.37. The Balaban J connectivity index is 1.02. The Kier molecular flexibility index (Phi) is 7.43. The van der Waals surface area contributed by atoms with Crippen LogP contribution in [0.3, 0.4) is 0 Å². The number of anilines is 3. The van der Waals surface area contributed by atoms with Crippen LogP contribution in [-0.2, 0) is 0 Å². The van der Waals surface area contributed by atoms with Gasteiger partial charge in [-0.1, -0.05) is 170 Å². The van der Waals surface area contributed by atoms with E-state index in [0.29, 0.717) is 0 Å². The van der Waals surface area contributed by atoms with E-state index < -0.39 is 0 Å². The summed E-state index contributed by atoms with van der Waals surface area (Å²) in [6.07, 6.45) is 0. The molecule has 0 aliphatic heterocycles. The Morgan fingerprint density at radius 1 is 0.250 bits per heavy atom. The lowest BCUT2D eigenvalue weighted by atomic mass is 9.87. The molecule has 0 fully saturated rings. The number of nitrogens with zero attached hydrogens (tertiary/aromatic N) is 1. The molecule has 0 amide bonds. The summed E-state index contributed by atoms with van der Waals surface area (Å²) in [4.78, 5) is 2.43. The van der Waals surface area contributed by atoms with E-state index in [-0.39, 0.29) is 0 Å². The van der Waals surface area contributed by atoms with Gasteiger partial charge in [-0.2, -0.15) is 0 Å². The number of benzene rings is 12. The summed E-state index contributed by atoms with van der Waals surface area (Å²) >= 11 is 0. The third-order valence-electron chi connectivity index (χ3n) is 13.7. The Morgan fingerprint density at radius 2 is 0.734 bits per heavy atom. The molecular formula is C62H37NO. The summed E-state index contributed by atoms with van der Waals surface area (Å²) in [5.41, 5.74) is 9.83. The minimum absolute atomic E-state index is 0.904. The molecule has 14 aromatic rings.